The van der Waals surface area contributed by atoms with Crippen LogP contribution >= 0.6 is 11.6 Å². The summed E-state index contributed by atoms with van der Waals surface area (Å²) in [5.74, 6) is -0.593. The zero-order valence-electron chi connectivity index (χ0n) is 10.6. The topological polar surface area (TPSA) is 66.8 Å². The van der Waals surface area contributed by atoms with Gasteiger partial charge in [0.15, 0.2) is 0 Å². The van der Waals surface area contributed by atoms with Gasteiger partial charge in [0.05, 0.1) is 12.2 Å². The second kappa shape index (κ2) is 5.74. The zero-order chi connectivity index (χ0) is 13.9. The van der Waals surface area contributed by atoms with Crippen molar-refractivity contribution in [3.63, 3.8) is 0 Å². The Labute approximate surface area is 112 Å². The molecular formula is C12H16BClO4. The summed E-state index contributed by atoms with van der Waals surface area (Å²) < 4.78 is 5.12. The first-order valence-electron chi connectivity index (χ1n) is 5.53. The van der Waals surface area contributed by atoms with E-state index in [1.807, 2.05) is 20.8 Å². The molecule has 6 heteroatoms. The summed E-state index contributed by atoms with van der Waals surface area (Å²) in [6.07, 6.45) is 0. The van der Waals surface area contributed by atoms with Gasteiger partial charge in [-0.25, -0.2) is 4.79 Å². The number of benzene rings is 1. The number of carbonyl (C=O) groups excluding carboxylic acids is 1. The van der Waals surface area contributed by atoms with Crippen LogP contribution in [-0.4, -0.2) is 29.7 Å². The monoisotopic (exact) mass is 270 g/mol. The minimum atomic E-state index is -1.76. The molecule has 0 aliphatic rings. The summed E-state index contributed by atoms with van der Waals surface area (Å²) in [7, 11) is -1.76. The second-order valence-corrected chi connectivity index (χ2v) is 5.68. The first-order chi connectivity index (χ1) is 8.20. The number of carbonyl (C=O) groups is 1. The maximum Gasteiger partial charge on any atom is 0.489 e. The number of esters is 1. The van der Waals surface area contributed by atoms with Crippen LogP contribution in [-0.2, 0) is 4.74 Å². The van der Waals surface area contributed by atoms with Gasteiger partial charge in [0, 0.05) is 5.02 Å². The molecule has 0 saturated heterocycles. The molecule has 0 aliphatic heterocycles. The lowest BCUT2D eigenvalue weighted by atomic mass is 9.77. The highest BCUT2D eigenvalue weighted by Gasteiger charge is 2.23. The smallest absolute Gasteiger partial charge is 0.462 e. The molecule has 0 unspecified atom stereocenters. The van der Waals surface area contributed by atoms with Gasteiger partial charge in [0.1, 0.15) is 0 Å². The van der Waals surface area contributed by atoms with Gasteiger partial charge in [0.2, 0.25) is 0 Å². The van der Waals surface area contributed by atoms with Crippen molar-refractivity contribution >= 4 is 30.2 Å². The maximum absolute atomic E-state index is 11.8. The van der Waals surface area contributed by atoms with Gasteiger partial charge < -0.3 is 14.8 Å². The van der Waals surface area contributed by atoms with E-state index in [9.17, 15) is 14.8 Å². The van der Waals surface area contributed by atoms with Crippen molar-refractivity contribution in [2.24, 2.45) is 5.41 Å². The number of ether oxygens (including phenoxy) is 1. The van der Waals surface area contributed by atoms with E-state index in [1.165, 1.54) is 18.2 Å². The first kappa shape index (κ1) is 15.0. The molecule has 0 bridgehead atoms. The van der Waals surface area contributed by atoms with Gasteiger partial charge in [0.25, 0.3) is 0 Å². The Morgan fingerprint density at radius 3 is 2.50 bits per heavy atom. The van der Waals surface area contributed by atoms with Crippen molar-refractivity contribution < 1.29 is 19.6 Å². The van der Waals surface area contributed by atoms with Crippen molar-refractivity contribution in [1.82, 2.24) is 0 Å². The Hall–Kier alpha value is -1.04. The third-order valence-corrected chi connectivity index (χ3v) is 2.38. The van der Waals surface area contributed by atoms with E-state index in [0.29, 0.717) is 5.02 Å². The zero-order valence-corrected chi connectivity index (χ0v) is 11.4. The van der Waals surface area contributed by atoms with Crippen LogP contribution in [0.1, 0.15) is 31.1 Å². The molecule has 98 valence electrons. The van der Waals surface area contributed by atoms with Crippen molar-refractivity contribution in [1.29, 1.82) is 0 Å². The van der Waals surface area contributed by atoms with Crippen molar-refractivity contribution in [3.05, 3.63) is 28.8 Å². The summed E-state index contributed by atoms with van der Waals surface area (Å²) in [6, 6.07) is 4.25. The lowest BCUT2D eigenvalue weighted by Gasteiger charge is -2.18. The molecular weight excluding hydrogens is 254 g/mol. The minimum absolute atomic E-state index is 0.0430. The summed E-state index contributed by atoms with van der Waals surface area (Å²) in [6.45, 7) is 6.05. The number of halogens is 1. The molecule has 0 saturated carbocycles. The molecule has 0 heterocycles. The van der Waals surface area contributed by atoms with E-state index in [0.717, 1.165) is 0 Å². The molecule has 18 heavy (non-hydrogen) atoms. The quantitative estimate of drug-likeness (QED) is 0.640. The lowest BCUT2D eigenvalue weighted by Crippen LogP contribution is -2.35. The Bertz CT molecular complexity index is 440. The van der Waals surface area contributed by atoms with E-state index in [1.54, 1.807) is 0 Å². The number of hydrogen-bond donors (Lipinski definition) is 2. The number of hydrogen-bond acceptors (Lipinski definition) is 4. The SMILES string of the molecule is CC(C)(C)COC(=O)c1ccc(Cl)cc1B(O)O. The fraction of sp³-hybridized carbons (Fsp3) is 0.417. The average Bonchev–Trinajstić information content (AvgIpc) is 2.24. The van der Waals surface area contributed by atoms with Gasteiger partial charge >= 0.3 is 13.1 Å². The Morgan fingerprint density at radius 2 is 2.00 bits per heavy atom. The molecule has 2 N–H and O–H groups in total. The highest BCUT2D eigenvalue weighted by Crippen LogP contribution is 2.15. The van der Waals surface area contributed by atoms with Crippen LogP contribution in [0, 0.1) is 5.41 Å². The van der Waals surface area contributed by atoms with Gasteiger partial charge in [-0.1, -0.05) is 32.4 Å². The predicted octanol–water partition coefficient (Wildman–Crippen LogP) is 1.22. The maximum atomic E-state index is 11.8. The van der Waals surface area contributed by atoms with Crippen molar-refractivity contribution in [2.75, 3.05) is 6.61 Å². The molecule has 0 amide bonds. The molecule has 0 radical (unpaired) electrons. The summed E-state index contributed by atoms with van der Waals surface area (Å²) in [5, 5.41) is 18.7. The van der Waals surface area contributed by atoms with E-state index in [-0.39, 0.29) is 23.0 Å². The van der Waals surface area contributed by atoms with Gasteiger partial charge in [-0.05, 0) is 29.1 Å². The Kier molecular flexibility index (Phi) is 4.79. The minimum Gasteiger partial charge on any atom is -0.462 e. The van der Waals surface area contributed by atoms with Crippen LogP contribution in [0.4, 0.5) is 0 Å². The van der Waals surface area contributed by atoms with Crippen LogP contribution < -0.4 is 5.46 Å². The summed E-state index contributed by atoms with van der Waals surface area (Å²) in [5.41, 5.74) is 0.000134. The largest absolute Gasteiger partial charge is 0.489 e. The molecule has 1 rings (SSSR count). The predicted molar refractivity (Wildman–Crippen MR) is 71.0 cm³/mol. The Balaban J connectivity index is 2.92. The summed E-state index contributed by atoms with van der Waals surface area (Å²) >= 11 is 5.74. The van der Waals surface area contributed by atoms with E-state index in [4.69, 9.17) is 16.3 Å². The van der Waals surface area contributed by atoms with Crippen LogP contribution in [0.5, 0.6) is 0 Å². The highest BCUT2D eigenvalue weighted by molar-refractivity contribution is 6.60. The molecule has 0 aliphatic carbocycles. The molecule has 1 aromatic carbocycles. The van der Waals surface area contributed by atoms with E-state index in [2.05, 4.69) is 0 Å². The van der Waals surface area contributed by atoms with Gasteiger partial charge in [-0.2, -0.15) is 0 Å². The molecule has 1 aromatic rings. The summed E-state index contributed by atoms with van der Waals surface area (Å²) in [4.78, 5) is 11.8. The third-order valence-electron chi connectivity index (χ3n) is 2.15. The normalized spacial score (nSPS) is 11.2. The lowest BCUT2D eigenvalue weighted by molar-refractivity contribution is 0.0368. The average molecular weight is 271 g/mol. The molecule has 0 aromatic heterocycles. The first-order valence-corrected chi connectivity index (χ1v) is 5.91. The van der Waals surface area contributed by atoms with Crippen molar-refractivity contribution in [3.8, 4) is 0 Å². The molecule has 0 fully saturated rings. The van der Waals surface area contributed by atoms with E-state index < -0.39 is 13.1 Å². The third kappa shape index (κ3) is 4.33. The number of rotatable bonds is 3. The fourth-order valence-electron chi connectivity index (χ4n) is 1.29. The Morgan fingerprint density at radius 1 is 1.39 bits per heavy atom. The van der Waals surface area contributed by atoms with Crippen molar-refractivity contribution in [2.45, 2.75) is 20.8 Å². The van der Waals surface area contributed by atoms with Crippen LogP contribution in [0.3, 0.4) is 0 Å². The fourth-order valence-corrected chi connectivity index (χ4v) is 1.47. The molecule has 0 spiro atoms. The van der Waals surface area contributed by atoms with E-state index >= 15 is 0 Å². The van der Waals surface area contributed by atoms with Gasteiger partial charge in [-0.15, -0.1) is 0 Å². The van der Waals surface area contributed by atoms with Crippen LogP contribution in [0.2, 0.25) is 5.02 Å². The molecule has 4 nitrogen and oxygen atoms in total. The second-order valence-electron chi connectivity index (χ2n) is 5.24. The van der Waals surface area contributed by atoms with Crippen LogP contribution in [0.25, 0.3) is 0 Å². The molecule has 0 atom stereocenters. The van der Waals surface area contributed by atoms with Crippen LogP contribution in [0.15, 0.2) is 18.2 Å². The standard InChI is InChI=1S/C12H16BClO4/c1-12(2,3)7-18-11(15)9-5-4-8(14)6-10(9)13(16)17/h4-6,16-17H,7H2,1-3H3. The van der Waals surface area contributed by atoms with Gasteiger partial charge in [-0.3, -0.25) is 0 Å². The highest BCUT2D eigenvalue weighted by atomic mass is 35.5.